The molecule has 120 valence electrons. The minimum atomic E-state index is -1.21. The number of carboxylic acid groups (broad SMARTS) is 1. The summed E-state index contributed by atoms with van der Waals surface area (Å²) in [5.74, 6) is -2.39. The van der Waals surface area contributed by atoms with E-state index in [0.717, 1.165) is 24.5 Å². The topological polar surface area (TPSA) is 57.6 Å². The minimum Gasteiger partial charge on any atom is -0.478 e. The lowest BCUT2D eigenvalue weighted by Gasteiger charge is -2.35. The molecule has 4 nitrogen and oxygen atoms in total. The number of carboxylic acids is 1. The number of nitrogens with zero attached hydrogens (tertiary/aromatic N) is 1. The van der Waals surface area contributed by atoms with Crippen LogP contribution >= 0.6 is 11.3 Å². The van der Waals surface area contributed by atoms with Crippen LogP contribution in [0.15, 0.2) is 29.6 Å². The second-order valence-electron chi connectivity index (χ2n) is 5.47. The van der Waals surface area contributed by atoms with Crippen LogP contribution < -0.4 is 0 Å². The van der Waals surface area contributed by atoms with Crippen LogP contribution in [0.25, 0.3) is 0 Å². The van der Waals surface area contributed by atoms with Crippen LogP contribution in [0.3, 0.4) is 0 Å². The van der Waals surface area contributed by atoms with Crippen LogP contribution in [0.5, 0.6) is 0 Å². The van der Waals surface area contributed by atoms with E-state index in [4.69, 9.17) is 5.11 Å². The molecule has 1 aliphatic rings. The Balaban J connectivity index is 1.93. The zero-order chi connectivity index (χ0) is 16.6. The number of hydrogen-bond donors (Lipinski definition) is 1. The number of amides is 1. The highest BCUT2D eigenvalue weighted by atomic mass is 32.1. The monoisotopic (exact) mass is 333 g/mol. The molecule has 1 aliphatic heterocycles. The summed E-state index contributed by atoms with van der Waals surface area (Å²) in [4.78, 5) is 26.6. The number of rotatable bonds is 3. The van der Waals surface area contributed by atoms with Gasteiger partial charge in [0.1, 0.15) is 5.82 Å². The highest BCUT2D eigenvalue weighted by molar-refractivity contribution is 7.10. The van der Waals surface area contributed by atoms with E-state index in [9.17, 15) is 14.0 Å². The van der Waals surface area contributed by atoms with Gasteiger partial charge < -0.3 is 10.0 Å². The summed E-state index contributed by atoms with van der Waals surface area (Å²) in [5.41, 5.74) is 0.900. The molecule has 0 radical (unpaired) electrons. The minimum absolute atomic E-state index is 0.0592. The summed E-state index contributed by atoms with van der Waals surface area (Å²) >= 11 is 1.69. The highest BCUT2D eigenvalue weighted by Crippen LogP contribution is 2.36. The van der Waals surface area contributed by atoms with Crippen LogP contribution in [0.1, 0.15) is 50.5 Å². The molecule has 0 fully saturated rings. The normalized spacial score (nSPS) is 17.0. The first-order chi connectivity index (χ1) is 11.0. The van der Waals surface area contributed by atoms with Gasteiger partial charge in [0.05, 0.1) is 17.2 Å². The molecule has 2 aromatic rings. The number of fused-ring (bicyclic) bond motifs is 1. The second-order valence-corrected chi connectivity index (χ2v) is 6.47. The van der Waals surface area contributed by atoms with Crippen molar-refractivity contribution in [1.29, 1.82) is 0 Å². The van der Waals surface area contributed by atoms with Gasteiger partial charge in [-0.3, -0.25) is 4.79 Å². The van der Waals surface area contributed by atoms with E-state index in [1.165, 1.54) is 17.0 Å². The third kappa shape index (κ3) is 2.74. The molecule has 1 N–H and O–H groups in total. The number of carbonyl (C=O) groups is 2. The number of hydrogen-bond acceptors (Lipinski definition) is 3. The van der Waals surface area contributed by atoms with Crippen LogP contribution in [-0.2, 0) is 6.42 Å². The Hall–Kier alpha value is -2.21. The van der Waals surface area contributed by atoms with E-state index < -0.39 is 11.8 Å². The molecule has 1 aromatic heterocycles. The molecule has 1 unspecified atom stereocenters. The van der Waals surface area contributed by atoms with Crippen molar-refractivity contribution < 1.29 is 19.1 Å². The maximum absolute atomic E-state index is 14.2. The average molecular weight is 333 g/mol. The van der Waals surface area contributed by atoms with Gasteiger partial charge in [-0.15, -0.1) is 11.3 Å². The van der Waals surface area contributed by atoms with Gasteiger partial charge in [-0.05, 0) is 48.1 Å². The van der Waals surface area contributed by atoms with Crippen molar-refractivity contribution in [3.8, 4) is 0 Å². The maximum Gasteiger partial charge on any atom is 0.335 e. The molecular weight excluding hydrogens is 317 g/mol. The van der Waals surface area contributed by atoms with Gasteiger partial charge in [0, 0.05) is 11.4 Å². The van der Waals surface area contributed by atoms with E-state index in [0.29, 0.717) is 6.54 Å². The first kappa shape index (κ1) is 15.7. The van der Waals surface area contributed by atoms with Gasteiger partial charge in [0.2, 0.25) is 0 Å². The molecule has 1 amide bonds. The van der Waals surface area contributed by atoms with E-state index in [1.807, 2.05) is 18.4 Å². The first-order valence-electron chi connectivity index (χ1n) is 7.43. The summed E-state index contributed by atoms with van der Waals surface area (Å²) in [7, 11) is 0. The van der Waals surface area contributed by atoms with Gasteiger partial charge >= 0.3 is 5.97 Å². The van der Waals surface area contributed by atoms with Crippen LogP contribution in [-0.4, -0.2) is 28.4 Å². The number of halogens is 1. The summed E-state index contributed by atoms with van der Waals surface area (Å²) in [6.07, 6.45) is 1.52. The Morgan fingerprint density at radius 2 is 2.17 bits per heavy atom. The van der Waals surface area contributed by atoms with Gasteiger partial charge in [-0.2, -0.15) is 0 Å². The fraction of sp³-hybridized carbons (Fsp3) is 0.294. The molecule has 0 bridgehead atoms. The summed E-state index contributed by atoms with van der Waals surface area (Å²) in [5, 5.41) is 10.9. The highest BCUT2D eigenvalue weighted by Gasteiger charge is 2.32. The first-order valence-corrected chi connectivity index (χ1v) is 8.31. The standard InChI is InChI=1S/C17H16FNO3S/c1-2-14-12-6-8-23-15(12)5-7-19(14)16(20)11-4-3-10(17(21)22)9-13(11)18/h3-4,6,8-9,14H,2,5,7H2,1H3,(H,21,22). The van der Waals surface area contributed by atoms with Gasteiger partial charge in [-0.25, -0.2) is 9.18 Å². The van der Waals surface area contributed by atoms with Crippen molar-refractivity contribution in [3.05, 3.63) is 57.0 Å². The van der Waals surface area contributed by atoms with E-state index >= 15 is 0 Å². The number of benzene rings is 1. The summed E-state index contributed by atoms with van der Waals surface area (Å²) < 4.78 is 14.2. The van der Waals surface area contributed by atoms with Crippen molar-refractivity contribution in [2.75, 3.05) is 6.54 Å². The molecule has 0 aliphatic carbocycles. The zero-order valence-electron chi connectivity index (χ0n) is 12.6. The fourth-order valence-electron chi connectivity index (χ4n) is 3.06. The Morgan fingerprint density at radius 3 is 2.83 bits per heavy atom. The summed E-state index contributed by atoms with van der Waals surface area (Å²) in [6, 6.07) is 5.39. The Bertz CT molecular complexity index is 771. The largest absolute Gasteiger partial charge is 0.478 e. The molecule has 23 heavy (non-hydrogen) atoms. The SMILES string of the molecule is CCC1c2ccsc2CCN1C(=O)c1ccc(C(=O)O)cc1F. The average Bonchev–Trinajstić information content (AvgIpc) is 3.01. The van der Waals surface area contributed by atoms with Crippen LogP contribution in [0, 0.1) is 5.82 Å². The molecule has 2 heterocycles. The third-order valence-corrected chi connectivity index (χ3v) is 5.19. The fourth-order valence-corrected chi connectivity index (χ4v) is 3.98. The van der Waals surface area contributed by atoms with Crippen molar-refractivity contribution in [3.63, 3.8) is 0 Å². The van der Waals surface area contributed by atoms with Crippen molar-refractivity contribution >= 4 is 23.2 Å². The van der Waals surface area contributed by atoms with Crippen LogP contribution in [0.2, 0.25) is 0 Å². The molecular formula is C17H16FNO3S. The van der Waals surface area contributed by atoms with Gasteiger partial charge in [0.15, 0.2) is 0 Å². The Morgan fingerprint density at radius 1 is 1.39 bits per heavy atom. The van der Waals surface area contributed by atoms with E-state index in [2.05, 4.69) is 0 Å². The molecule has 1 aromatic carbocycles. The lowest BCUT2D eigenvalue weighted by atomic mass is 9.96. The Labute approximate surface area is 137 Å². The molecule has 6 heteroatoms. The quantitative estimate of drug-likeness (QED) is 0.931. The molecule has 0 spiro atoms. The smallest absolute Gasteiger partial charge is 0.335 e. The van der Waals surface area contributed by atoms with Gasteiger partial charge in [-0.1, -0.05) is 6.92 Å². The molecule has 3 rings (SSSR count). The van der Waals surface area contributed by atoms with Gasteiger partial charge in [0.25, 0.3) is 5.91 Å². The molecule has 0 saturated heterocycles. The number of carbonyl (C=O) groups excluding carboxylic acids is 1. The lowest BCUT2D eigenvalue weighted by Crippen LogP contribution is -2.39. The third-order valence-electron chi connectivity index (χ3n) is 4.19. The number of thiophene rings is 1. The zero-order valence-corrected chi connectivity index (χ0v) is 13.4. The number of aromatic carboxylic acids is 1. The molecule has 1 atom stereocenters. The lowest BCUT2D eigenvalue weighted by molar-refractivity contribution is 0.0648. The van der Waals surface area contributed by atoms with E-state index in [-0.39, 0.29) is 23.1 Å². The van der Waals surface area contributed by atoms with Crippen molar-refractivity contribution in [2.45, 2.75) is 25.8 Å². The second kappa shape index (κ2) is 6.12. The molecule has 0 saturated carbocycles. The predicted octanol–water partition coefficient (Wildman–Crippen LogP) is 3.74. The Kier molecular flexibility index (Phi) is 4.17. The van der Waals surface area contributed by atoms with Crippen molar-refractivity contribution in [1.82, 2.24) is 4.90 Å². The summed E-state index contributed by atoms with van der Waals surface area (Å²) in [6.45, 7) is 2.55. The van der Waals surface area contributed by atoms with Crippen molar-refractivity contribution in [2.24, 2.45) is 0 Å². The predicted molar refractivity (Wildman–Crippen MR) is 85.5 cm³/mol. The van der Waals surface area contributed by atoms with E-state index in [1.54, 1.807) is 16.2 Å². The maximum atomic E-state index is 14.2. The van der Waals surface area contributed by atoms with Crippen LogP contribution in [0.4, 0.5) is 4.39 Å².